The topological polar surface area (TPSA) is 86.7 Å². The van der Waals surface area contributed by atoms with E-state index in [-0.39, 0.29) is 6.54 Å². The number of hydrogen-bond acceptors (Lipinski definition) is 4. The second-order valence-electron chi connectivity index (χ2n) is 3.94. The van der Waals surface area contributed by atoms with Crippen LogP contribution in [0.25, 0.3) is 0 Å². The Labute approximate surface area is 113 Å². The summed E-state index contributed by atoms with van der Waals surface area (Å²) in [5.74, 6) is 0. The van der Waals surface area contributed by atoms with Crippen LogP contribution in [0.2, 0.25) is 0 Å². The highest BCUT2D eigenvalue weighted by molar-refractivity contribution is 6.13. The quantitative estimate of drug-likeness (QED) is 0.590. The molecule has 0 aliphatic heterocycles. The first kappa shape index (κ1) is 15.4. The lowest BCUT2D eigenvalue weighted by Crippen LogP contribution is -2.35. The largest absolute Gasteiger partial charge is 0.432 e. The Hall–Kier alpha value is -1.66. The minimum atomic E-state index is -1.09. The standard InChI is InChI=1S/C14H15NO.BH3O2/c15-11-14(16,12-7-3-1-4-8-12)13-9-5-2-6-10-13;2-1-3/h1-10,16H,11,15H2;1-3H. The van der Waals surface area contributed by atoms with Gasteiger partial charge in [-0.2, -0.15) is 0 Å². The molecular weight excluding hydrogens is 241 g/mol. The average Bonchev–Trinajstić information content (AvgIpc) is 2.49. The van der Waals surface area contributed by atoms with Crippen molar-refractivity contribution >= 4 is 7.69 Å². The van der Waals surface area contributed by atoms with Crippen LogP contribution in [0.15, 0.2) is 60.7 Å². The van der Waals surface area contributed by atoms with E-state index < -0.39 is 13.3 Å². The van der Waals surface area contributed by atoms with Gasteiger partial charge in [0.25, 0.3) is 0 Å². The average molecular weight is 259 g/mol. The zero-order valence-electron chi connectivity index (χ0n) is 10.6. The Kier molecular flexibility index (Phi) is 6.25. The molecular formula is C14H18BNO3. The van der Waals surface area contributed by atoms with E-state index in [2.05, 4.69) is 0 Å². The predicted octanol–water partition coefficient (Wildman–Crippen LogP) is 0.119. The fourth-order valence-corrected chi connectivity index (χ4v) is 1.83. The van der Waals surface area contributed by atoms with Crippen molar-refractivity contribution < 1.29 is 15.2 Å². The van der Waals surface area contributed by atoms with Gasteiger partial charge in [-0.15, -0.1) is 0 Å². The Morgan fingerprint density at radius 1 is 0.842 bits per heavy atom. The van der Waals surface area contributed by atoms with Gasteiger partial charge in [0.1, 0.15) is 5.60 Å². The van der Waals surface area contributed by atoms with Crippen LogP contribution >= 0.6 is 0 Å². The highest BCUT2D eigenvalue weighted by atomic mass is 16.4. The Balaban J connectivity index is 0.000000550. The SMILES string of the molecule is NCC(O)(c1ccccc1)c1ccccc1.OBO. The summed E-state index contributed by atoms with van der Waals surface area (Å²) in [5.41, 5.74) is 6.27. The van der Waals surface area contributed by atoms with Crippen LogP contribution in [0.5, 0.6) is 0 Å². The molecule has 5 N–H and O–H groups in total. The molecule has 5 heteroatoms. The van der Waals surface area contributed by atoms with Crippen molar-refractivity contribution in [2.24, 2.45) is 5.73 Å². The van der Waals surface area contributed by atoms with E-state index >= 15 is 0 Å². The zero-order valence-corrected chi connectivity index (χ0v) is 10.6. The fraction of sp³-hybridized carbons (Fsp3) is 0.143. The molecule has 0 aliphatic carbocycles. The van der Waals surface area contributed by atoms with E-state index in [1.807, 2.05) is 60.7 Å². The number of benzene rings is 2. The van der Waals surface area contributed by atoms with Gasteiger partial charge in [-0.25, -0.2) is 0 Å². The minimum absolute atomic E-state index is 0.168. The van der Waals surface area contributed by atoms with Gasteiger partial charge in [-0.1, -0.05) is 60.7 Å². The van der Waals surface area contributed by atoms with Crippen molar-refractivity contribution in [1.29, 1.82) is 0 Å². The molecule has 0 heterocycles. The highest BCUT2D eigenvalue weighted by Gasteiger charge is 2.29. The first-order chi connectivity index (χ1) is 9.19. The van der Waals surface area contributed by atoms with Crippen LogP contribution in [0.4, 0.5) is 0 Å². The van der Waals surface area contributed by atoms with Gasteiger partial charge in [-0.3, -0.25) is 0 Å². The molecule has 0 aromatic heterocycles. The third-order valence-electron chi connectivity index (χ3n) is 2.80. The Morgan fingerprint density at radius 3 is 1.42 bits per heavy atom. The summed E-state index contributed by atoms with van der Waals surface area (Å²) in [6.07, 6.45) is 0. The third kappa shape index (κ3) is 3.91. The molecule has 0 fully saturated rings. The van der Waals surface area contributed by atoms with Gasteiger partial charge < -0.3 is 20.9 Å². The second kappa shape index (κ2) is 7.71. The van der Waals surface area contributed by atoms with E-state index in [0.717, 1.165) is 11.1 Å². The van der Waals surface area contributed by atoms with Crippen LogP contribution < -0.4 is 5.73 Å². The molecule has 0 radical (unpaired) electrons. The van der Waals surface area contributed by atoms with Crippen LogP contribution in [0.1, 0.15) is 11.1 Å². The Bertz CT molecular complexity index is 425. The van der Waals surface area contributed by atoms with Crippen molar-refractivity contribution in [3.8, 4) is 0 Å². The summed E-state index contributed by atoms with van der Waals surface area (Å²) in [6.45, 7) is 0.168. The second-order valence-corrected chi connectivity index (χ2v) is 3.94. The third-order valence-corrected chi connectivity index (χ3v) is 2.80. The van der Waals surface area contributed by atoms with Crippen LogP contribution in [0, 0.1) is 0 Å². The molecule has 2 rings (SSSR count). The molecule has 0 bridgehead atoms. The molecule has 0 amide bonds. The fourth-order valence-electron chi connectivity index (χ4n) is 1.83. The molecule has 0 aliphatic rings. The summed E-state index contributed by atoms with van der Waals surface area (Å²) in [4.78, 5) is 0. The van der Waals surface area contributed by atoms with Crippen molar-refractivity contribution in [2.75, 3.05) is 6.54 Å². The van der Waals surface area contributed by atoms with E-state index in [4.69, 9.17) is 15.8 Å². The van der Waals surface area contributed by atoms with Crippen molar-refractivity contribution in [1.82, 2.24) is 0 Å². The van der Waals surface area contributed by atoms with Gasteiger partial charge >= 0.3 is 7.69 Å². The summed E-state index contributed by atoms with van der Waals surface area (Å²) >= 11 is 0. The van der Waals surface area contributed by atoms with Crippen LogP contribution in [-0.2, 0) is 5.60 Å². The minimum Gasteiger partial charge on any atom is -0.430 e. The Morgan fingerprint density at radius 2 is 1.16 bits per heavy atom. The van der Waals surface area contributed by atoms with E-state index in [9.17, 15) is 5.11 Å². The number of rotatable bonds is 3. The lowest BCUT2D eigenvalue weighted by Gasteiger charge is -2.27. The molecule has 0 saturated heterocycles. The maximum Gasteiger partial charge on any atom is 0.432 e. The molecule has 2 aromatic carbocycles. The molecule has 2 aromatic rings. The summed E-state index contributed by atoms with van der Waals surface area (Å²) < 4.78 is 0. The van der Waals surface area contributed by atoms with E-state index in [0.29, 0.717) is 0 Å². The first-order valence-electron chi connectivity index (χ1n) is 5.94. The van der Waals surface area contributed by atoms with Gasteiger partial charge in [0.15, 0.2) is 0 Å². The molecule has 0 spiro atoms. The van der Waals surface area contributed by atoms with Gasteiger partial charge in [-0.05, 0) is 11.1 Å². The van der Waals surface area contributed by atoms with Gasteiger partial charge in [0.2, 0.25) is 0 Å². The predicted molar refractivity (Wildman–Crippen MR) is 76.5 cm³/mol. The normalized spacial score (nSPS) is 10.3. The first-order valence-corrected chi connectivity index (χ1v) is 5.94. The van der Waals surface area contributed by atoms with E-state index in [1.54, 1.807) is 0 Å². The molecule has 19 heavy (non-hydrogen) atoms. The van der Waals surface area contributed by atoms with Crippen LogP contribution in [0.3, 0.4) is 0 Å². The molecule has 100 valence electrons. The number of aliphatic hydroxyl groups is 1. The molecule has 0 saturated carbocycles. The van der Waals surface area contributed by atoms with Crippen LogP contribution in [-0.4, -0.2) is 29.4 Å². The molecule has 0 unspecified atom stereocenters. The molecule has 4 nitrogen and oxygen atoms in total. The lowest BCUT2D eigenvalue weighted by molar-refractivity contribution is 0.0902. The summed E-state index contributed by atoms with van der Waals surface area (Å²) in [5, 5.41) is 24.9. The van der Waals surface area contributed by atoms with Crippen molar-refractivity contribution in [2.45, 2.75) is 5.60 Å². The van der Waals surface area contributed by atoms with Crippen molar-refractivity contribution in [3.05, 3.63) is 71.8 Å². The number of nitrogens with two attached hydrogens (primary N) is 1. The monoisotopic (exact) mass is 259 g/mol. The smallest absolute Gasteiger partial charge is 0.430 e. The summed E-state index contributed by atoms with van der Waals surface area (Å²) in [6, 6.07) is 19.0. The maximum atomic E-state index is 10.6. The van der Waals surface area contributed by atoms with Gasteiger partial charge in [0.05, 0.1) is 0 Å². The summed E-state index contributed by atoms with van der Waals surface area (Å²) in [7, 11) is -0.750. The van der Waals surface area contributed by atoms with Crippen molar-refractivity contribution in [3.63, 3.8) is 0 Å². The lowest BCUT2D eigenvalue weighted by atomic mass is 9.86. The zero-order chi connectivity index (χ0) is 14.1. The number of hydrogen-bond donors (Lipinski definition) is 4. The highest BCUT2D eigenvalue weighted by Crippen LogP contribution is 2.27. The maximum absolute atomic E-state index is 10.6. The van der Waals surface area contributed by atoms with E-state index in [1.165, 1.54) is 0 Å². The molecule has 0 atom stereocenters. The van der Waals surface area contributed by atoms with Gasteiger partial charge in [0, 0.05) is 6.54 Å².